The quantitative estimate of drug-likeness (QED) is 0.491. The Hall–Kier alpha value is -0.716. The van der Waals surface area contributed by atoms with E-state index in [1.165, 1.54) is 49.7 Å². The molecule has 0 N–H and O–H groups in total. The van der Waals surface area contributed by atoms with Crippen LogP contribution in [0.15, 0.2) is 48.5 Å². The van der Waals surface area contributed by atoms with Crippen LogP contribution in [-0.4, -0.2) is 4.82 Å². The van der Waals surface area contributed by atoms with Gasteiger partial charge >= 0.3 is 24.8 Å². The minimum absolute atomic E-state index is 1.25. The zero-order chi connectivity index (χ0) is 15.1. The van der Waals surface area contributed by atoms with Gasteiger partial charge in [-0.05, 0) is 0 Å². The van der Waals surface area contributed by atoms with Gasteiger partial charge in [-0.1, -0.05) is 52.4 Å². The van der Waals surface area contributed by atoms with Crippen molar-refractivity contribution in [3.05, 3.63) is 59.7 Å². The third-order valence-electron chi connectivity index (χ3n) is 3.10. The Balaban J connectivity index is 0.000000321. The molecule has 0 saturated heterocycles. The maximum absolute atomic E-state index is 3.25. The van der Waals surface area contributed by atoms with Crippen molar-refractivity contribution in [2.24, 2.45) is 0 Å². The molecule has 2 rings (SSSR count). The fourth-order valence-corrected chi connectivity index (χ4v) is 1.92. The SMILES string of the molecule is CCCC[c-]1cccc1.CCCC[c-]1cccc1.[CH2]=[Ti+2]. The molecule has 0 unspecified atom stereocenters. The van der Waals surface area contributed by atoms with Gasteiger partial charge in [0.2, 0.25) is 0 Å². The summed E-state index contributed by atoms with van der Waals surface area (Å²) in [4.78, 5) is 3.25. The second kappa shape index (κ2) is 14.7. The van der Waals surface area contributed by atoms with E-state index >= 15 is 0 Å². The van der Waals surface area contributed by atoms with Crippen LogP contribution in [0, 0.1) is 0 Å². The Morgan fingerprint density at radius 2 is 1.00 bits per heavy atom. The molecule has 108 valence electrons. The molecule has 1 heteroatoms. The fraction of sp³-hybridized carbons (Fsp3) is 0.421. The van der Waals surface area contributed by atoms with Crippen molar-refractivity contribution in [1.82, 2.24) is 0 Å². The molecule has 0 heterocycles. The van der Waals surface area contributed by atoms with E-state index in [4.69, 9.17) is 0 Å². The van der Waals surface area contributed by atoms with Gasteiger partial charge in [-0.15, -0.1) is 0 Å². The zero-order valence-electron chi connectivity index (χ0n) is 13.1. The van der Waals surface area contributed by atoms with Crippen molar-refractivity contribution in [2.45, 2.75) is 52.4 Å². The van der Waals surface area contributed by atoms with E-state index in [2.05, 4.69) is 67.2 Å². The molecule has 0 aliphatic heterocycles. The van der Waals surface area contributed by atoms with Gasteiger partial charge in [0.05, 0.1) is 0 Å². The molecule has 0 aromatic heterocycles. The monoisotopic (exact) mass is 304 g/mol. The average Bonchev–Trinajstić information content (AvgIpc) is 3.19. The standard InChI is InChI=1S/2C9H13.CH2.Ti/c2*1-2-3-6-9-7-4-5-8-9;;/h2*4-5,7-8H,2-3,6H2,1H3;1H2;/q2*-1;;+2. The molecule has 2 aromatic carbocycles. The summed E-state index contributed by atoms with van der Waals surface area (Å²) in [5.41, 5.74) is 2.97. The Kier molecular flexibility index (Phi) is 14.2. The number of rotatable bonds is 6. The Bertz CT molecular complexity index is 332. The number of unbranched alkanes of at least 4 members (excludes halogenated alkanes) is 2. The zero-order valence-corrected chi connectivity index (χ0v) is 14.6. The molecule has 0 aliphatic rings. The fourth-order valence-electron chi connectivity index (χ4n) is 1.92. The predicted octanol–water partition coefficient (Wildman–Crippen LogP) is 5.46. The van der Waals surface area contributed by atoms with Crippen molar-refractivity contribution in [3.8, 4) is 0 Å². The summed E-state index contributed by atoms with van der Waals surface area (Å²) in [5, 5.41) is 0. The van der Waals surface area contributed by atoms with Crippen molar-refractivity contribution >= 4 is 4.82 Å². The normalized spacial score (nSPS) is 9.20. The molecule has 0 spiro atoms. The van der Waals surface area contributed by atoms with Crippen LogP contribution < -0.4 is 0 Å². The summed E-state index contributed by atoms with van der Waals surface area (Å²) in [6.45, 7) is 4.45. The first-order valence-corrected chi connectivity index (χ1v) is 8.73. The van der Waals surface area contributed by atoms with Gasteiger partial charge in [0.25, 0.3) is 0 Å². The van der Waals surface area contributed by atoms with Crippen molar-refractivity contribution < 1.29 is 20.0 Å². The molecule has 0 atom stereocenters. The first-order chi connectivity index (χ1) is 9.86. The van der Waals surface area contributed by atoms with Crippen molar-refractivity contribution in [1.29, 1.82) is 0 Å². The molecule has 0 fully saturated rings. The van der Waals surface area contributed by atoms with Gasteiger partial charge in [-0.3, -0.25) is 0 Å². The first kappa shape index (κ1) is 19.3. The first-order valence-electron chi connectivity index (χ1n) is 7.63. The van der Waals surface area contributed by atoms with Gasteiger partial charge in [-0.25, -0.2) is 24.3 Å². The third kappa shape index (κ3) is 10.1. The summed E-state index contributed by atoms with van der Waals surface area (Å²) in [6, 6.07) is 17.2. The second-order valence-electron chi connectivity index (χ2n) is 4.79. The summed E-state index contributed by atoms with van der Waals surface area (Å²) in [6.07, 6.45) is 7.75. The topological polar surface area (TPSA) is 0 Å². The van der Waals surface area contributed by atoms with Crippen LogP contribution in [0.3, 0.4) is 0 Å². The summed E-state index contributed by atoms with van der Waals surface area (Å²) in [7, 11) is 0. The average molecular weight is 304 g/mol. The molecule has 0 bridgehead atoms. The van der Waals surface area contributed by atoms with Gasteiger partial charge in [0.1, 0.15) is 0 Å². The van der Waals surface area contributed by atoms with Crippen LogP contribution in [0.25, 0.3) is 0 Å². The maximum atomic E-state index is 3.25. The molecule has 0 saturated carbocycles. The van der Waals surface area contributed by atoms with Gasteiger partial charge < -0.3 is 0 Å². The molecule has 2 aromatic rings. The molecule has 20 heavy (non-hydrogen) atoms. The van der Waals surface area contributed by atoms with E-state index in [-0.39, 0.29) is 0 Å². The van der Waals surface area contributed by atoms with Crippen molar-refractivity contribution in [3.63, 3.8) is 0 Å². The predicted molar refractivity (Wildman–Crippen MR) is 88.4 cm³/mol. The van der Waals surface area contributed by atoms with E-state index in [0.29, 0.717) is 0 Å². The molecule has 0 nitrogen and oxygen atoms in total. The molecule has 0 amide bonds. The second-order valence-corrected chi connectivity index (χ2v) is 4.79. The Morgan fingerprint density at radius 3 is 1.25 bits per heavy atom. The van der Waals surface area contributed by atoms with E-state index in [0.717, 1.165) is 0 Å². The summed E-state index contributed by atoms with van der Waals surface area (Å²) in [5.74, 6) is 0. The van der Waals surface area contributed by atoms with E-state index in [9.17, 15) is 0 Å². The van der Waals surface area contributed by atoms with Gasteiger partial charge in [-0.2, -0.15) is 35.4 Å². The molecular formula is C19H28Ti. The third-order valence-corrected chi connectivity index (χ3v) is 3.10. The molecule has 0 aliphatic carbocycles. The Morgan fingerprint density at radius 1 is 0.700 bits per heavy atom. The van der Waals surface area contributed by atoms with Crippen LogP contribution in [0.4, 0.5) is 0 Å². The van der Waals surface area contributed by atoms with E-state index in [1.807, 2.05) is 0 Å². The van der Waals surface area contributed by atoms with Crippen LogP contribution >= 0.6 is 0 Å². The van der Waals surface area contributed by atoms with Gasteiger partial charge in [0, 0.05) is 0 Å². The van der Waals surface area contributed by atoms with Crippen molar-refractivity contribution in [2.75, 3.05) is 0 Å². The number of aryl methyl sites for hydroxylation is 2. The summed E-state index contributed by atoms with van der Waals surface area (Å²) >= 11 is 1.75. The molecular weight excluding hydrogens is 276 g/mol. The van der Waals surface area contributed by atoms with Crippen LogP contribution in [0.2, 0.25) is 0 Å². The van der Waals surface area contributed by atoms with Crippen LogP contribution in [0.1, 0.15) is 50.7 Å². The Labute approximate surface area is 136 Å². The number of hydrogen-bond acceptors (Lipinski definition) is 0. The summed E-state index contributed by atoms with van der Waals surface area (Å²) < 4.78 is 0. The van der Waals surface area contributed by atoms with Crippen LogP contribution in [0.5, 0.6) is 0 Å². The number of hydrogen-bond donors (Lipinski definition) is 0. The van der Waals surface area contributed by atoms with E-state index < -0.39 is 0 Å². The van der Waals surface area contributed by atoms with Gasteiger partial charge in [0.15, 0.2) is 0 Å². The van der Waals surface area contributed by atoms with Crippen LogP contribution in [-0.2, 0) is 32.8 Å². The molecule has 0 radical (unpaired) electrons. The van der Waals surface area contributed by atoms with E-state index in [1.54, 1.807) is 20.0 Å². The minimum atomic E-state index is 1.25.